The third-order valence-corrected chi connectivity index (χ3v) is 4.36. The van der Waals surface area contributed by atoms with E-state index in [2.05, 4.69) is 34.6 Å². The van der Waals surface area contributed by atoms with Gasteiger partial charge in [0.1, 0.15) is 0 Å². The second-order valence-electron chi connectivity index (χ2n) is 6.13. The topological polar surface area (TPSA) is 50.2 Å². The number of benzene rings is 1. The smallest absolute Gasteiger partial charge is 0.335 e. The molecule has 19 heavy (non-hydrogen) atoms. The second-order valence-corrected chi connectivity index (χ2v) is 7.19. The molecule has 0 aliphatic heterocycles. The third kappa shape index (κ3) is 2.63. The monoisotopic (exact) mass is 277 g/mol. The molecule has 0 aliphatic rings. The number of hydrogen-bond donors (Lipinski definition) is 1. The van der Waals surface area contributed by atoms with E-state index in [0.29, 0.717) is 11.5 Å². The van der Waals surface area contributed by atoms with E-state index in [1.165, 1.54) is 0 Å². The molecule has 1 N–H and O–H groups in total. The highest BCUT2D eigenvalue weighted by Crippen LogP contribution is 2.35. The van der Waals surface area contributed by atoms with Crippen molar-refractivity contribution < 1.29 is 9.90 Å². The second kappa shape index (κ2) is 4.60. The predicted molar refractivity (Wildman–Crippen MR) is 79.4 cm³/mol. The average Bonchev–Trinajstić information content (AvgIpc) is 2.69. The molecule has 0 bridgehead atoms. The van der Waals surface area contributed by atoms with E-state index in [1.54, 1.807) is 23.5 Å². The first-order valence-corrected chi connectivity index (χ1v) is 7.20. The summed E-state index contributed by atoms with van der Waals surface area (Å²) in [7, 11) is 0. The molecule has 1 heterocycles. The summed E-state index contributed by atoms with van der Waals surface area (Å²) in [5.41, 5.74) is 2.18. The van der Waals surface area contributed by atoms with E-state index in [0.717, 1.165) is 20.8 Å². The SMILES string of the molecule is CC(C)c1nc2c(C(C)(C)C)cc(C(=O)O)cc2s1. The zero-order chi connectivity index (χ0) is 14.4. The van der Waals surface area contributed by atoms with Gasteiger partial charge in [-0.15, -0.1) is 11.3 Å². The van der Waals surface area contributed by atoms with Gasteiger partial charge in [-0.3, -0.25) is 0 Å². The summed E-state index contributed by atoms with van der Waals surface area (Å²) in [6.45, 7) is 10.5. The van der Waals surface area contributed by atoms with Crippen LogP contribution in [0.2, 0.25) is 0 Å². The molecule has 0 aliphatic carbocycles. The Bertz CT molecular complexity index is 635. The Hall–Kier alpha value is -1.42. The zero-order valence-corrected chi connectivity index (χ0v) is 12.8. The van der Waals surface area contributed by atoms with Crippen LogP contribution in [0.25, 0.3) is 10.2 Å². The van der Waals surface area contributed by atoms with Crippen molar-refractivity contribution in [2.24, 2.45) is 0 Å². The number of carboxylic acid groups (broad SMARTS) is 1. The summed E-state index contributed by atoms with van der Waals surface area (Å²) in [5, 5.41) is 10.3. The van der Waals surface area contributed by atoms with Crippen molar-refractivity contribution >= 4 is 27.5 Å². The van der Waals surface area contributed by atoms with Gasteiger partial charge < -0.3 is 5.11 Å². The lowest BCUT2D eigenvalue weighted by molar-refractivity contribution is 0.0697. The molecule has 0 saturated heterocycles. The Morgan fingerprint density at radius 2 is 1.95 bits per heavy atom. The van der Waals surface area contributed by atoms with E-state index >= 15 is 0 Å². The Labute approximate surface area is 117 Å². The first kappa shape index (κ1) is 14.0. The van der Waals surface area contributed by atoms with Crippen LogP contribution in [0, 0.1) is 0 Å². The van der Waals surface area contributed by atoms with Gasteiger partial charge in [-0.05, 0) is 23.1 Å². The molecule has 0 amide bonds. The normalized spacial score (nSPS) is 12.3. The van der Waals surface area contributed by atoms with E-state index in [9.17, 15) is 9.90 Å². The van der Waals surface area contributed by atoms with Crippen molar-refractivity contribution in [1.82, 2.24) is 4.98 Å². The number of carboxylic acids is 1. The summed E-state index contributed by atoms with van der Waals surface area (Å²) in [5.74, 6) is -0.523. The summed E-state index contributed by atoms with van der Waals surface area (Å²) in [6, 6.07) is 3.49. The Balaban J connectivity index is 2.79. The van der Waals surface area contributed by atoms with Crippen LogP contribution in [0.5, 0.6) is 0 Å². The number of rotatable bonds is 2. The minimum atomic E-state index is -0.883. The molecule has 0 atom stereocenters. The molecule has 102 valence electrons. The number of fused-ring (bicyclic) bond motifs is 1. The van der Waals surface area contributed by atoms with Crippen LogP contribution in [0.15, 0.2) is 12.1 Å². The largest absolute Gasteiger partial charge is 0.478 e. The van der Waals surface area contributed by atoms with Crippen molar-refractivity contribution in [2.45, 2.75) is 46.0 Å². The van der Waals surface area contributed by atoms with Gasteiger partial charge in [0.25, 0.3) is 0 Å². The fraction of sp³-hybridized carbons (Fsp3) is 0.467. The lowest BCUT2D eigenvalue weighted by Crippen LogP contribution is -2.13. The summed E-state index contributed by atoms with van der Waals surface area (Å²) in [6.07, 6.45) is 0. The van der Waals surface area contributed by atoms with E-state index < -0.39 is 5.97 Å². The van der Waals surface area contributed by atoms with Crippen molar-refractivity contribution in [3.63, 3.8) is 0 Å². The number of carbonyl (C=O) groups is 1. The van der Waals surface area contributed by atoms with Crippen LogP contribution < -0.4 is 0 Å². The van der Waals surface area contributed by atoms with Gasteiger partial charge in [0.15, 0.2) is 0 Å². The van der Waals surface area contributed by atoms with Crippen LogP contribution in [0.3, 0.4) is 0 Å². The summed E-state index contributed by atoms with van der Waals surface area (Å²) >= 11 is 1.59. The van der Waals surface area contributed by atoms with E-state index in [1.807, 2.05) is 0 Å². The van der Waals surface area contributed by atoms with Crippen molar-refractivity contribution in [3.05, 3.63) is 28.3 Å². The van der Waals surface area contributed by atoms with Crippen LogP contribution >= 0.6 is 11.3 Å². The van der Waals surface area contributed by atoms with Gasteiger partial charge in [0.05, 0.1) is 20.8 Å². The highest BCUT2D eigenvalue weighted by molar-refractivity contribution is 7.18. The Morgan fingerprint density at radius 1 is 1.32 bits per heavy atom. The zero-order valence-electron chi connectivity index (χ0n) is 11.9. The number of hydrogen-bond acceptors (Lipinski definition) is 3. The van der Waals surface area contributed by atoms with Gasteiger partial charge in [-0.1, -0.05) is 34.6 Å². The fourth-order valence-electron chi connectivity index (χ4n) is 1.99. The lowest BCUT2D eigenvalue weighted by Gasteiger charge is -2.20. The quantitative estimate of drug-likeness (QED) is 0.884. The van der Waals surface area contributed by atoms with Crippen molar-refractivity contribution in [2.75, 3.05) is 0 Å². The Kier molecular flexibility index (Phi) is 3.39. The highest BCUT2D eigenvalue weighted by Gasteiger charge is 2.22. The maximum atomic E-state index is 11.2. The van der Waals surface area contributed by atoms with Crippen LogP contribution in [-0.2, 0) is 5.41 Å². The number of nitrogens with zero attached hydrogens (tertiary/aromatic N) is 1. The van der Waals surface area contributed by atoms with E-state index in [4.69, 9.17) is 4.98 Å². The lowest BCUT2D eigenvalue weighted by atomic mass is 9.85. The molecule has 0 radical (unpaired) electrons. The first-order valence-electron chi connectivity index (χ1n) is 6.38. The van der Waals surface area contributed by atoms with Gasteiger partial charge in [0, 0.05) is 5.92 Å². The van der Waals surface area contributed by atoms with Crippen molar-refractivity contribution in [1.29, 1.82) is 0 Å². The molecule has 1 aromatic carbocycles. The van der Waals surface area contributed by atoms with Gasteiger partial charge in [0.2, 0.25) is 0 Å². The molecule has 0 spiro atoms. The minimum absolute atomic E-state index is 0.119. The number of thiazole rings is 1. The average molecular weight is 277 g/mol. The number of aromatic carboxylic acids is 1. The summed E-state index contributed by atoms with van der Waals surface area (Å²) < 4.78 is 0.966. The third-order valence-electron chi connectivity index (χ3n) is 3.06. The maximum Gasteiger partial charge on any atom is 0.335 e. The molecule has 1 aromatic heterocycles. The fourth-order valence-corrected chi connectivity index (χ4v) is 3.02. The van der Waals surface area contributed by atoms with Gasteiger partial charge in [-0.2, -0.15) is 0 Å². The Morgan fingerprint density at radius 3 is 2.42 bits per heavy atom. The molecule has 0 unspecified atom stereocenters. The van der Waals surface area contributed by atoms with Gasteiger partial charge in [-0.25, -0.2) is 9.78 Å². The first-order chi connectivity index (χ1) is 8.70. The van der Waals surface area contributed by atoms with Crippen LogP contribution in [-0.4, -0.2) is 16.1 Å². The summed E-state index contributed by atoms with van der Waals surface area (Å²) in [4.78, 5) is 16.0. The van der Waals surface area contributed by atoms with Crippen LogP contribution in [0.4, 0.5) is 0 Å². The van der Waals surface area contributed by atoms with E-state index in [-0.39, 0.29) is 5.41 Å². The molecule has 3 nitrogen and oxygen atoms in total. The predicted octanol–water partition coefficient (Wildman–Crippen LogP) is 4.42. The minimum Gasteiger partial charge on any atom is -0.478 e. The molecule has 4 heteroatoms. The molecule has 0 fully saturated rings. The molecule has 2 rings (SSSR count). The van der Waals surface area contributed by atoms with Crippen LogP contribution in [0.1, 0.15) is 61.5 Å². The molecule has 2 aromatic rings. The molecular formula is C15H19NO2S. The molecule has 0 saturated carbocycles. The van der Waals surface area contributed by atoms with Crippen molar-refractivity contribution in [3.8, 4) is 0 Å². The highest BCUT2D eigenvalue weighted by atomic mass is 32.1. The molecular weight excluding hydrogens is 258 g/mol. The van der Waals surface area contributed by atoms with Gasteiger partial charge >= 0.3 is 5.97 Å². The maximum absolute atomic E-state index is 11.2. The standard InChI is InChI=1S/C15H19NO2S/c1-8(2)13-16-12-10(15(3,4)5)6-9(14(17)18)7-11(12)19-13/h6-8H,1-5H3,(H,17,18). The number of aromatic nitrogens is 1.